The Morgan fingerprint density at radius 1 is 1.10 bits per heavy atom. The molecule has 3 heteroatoms. The van der Waals surface area contributed by atoms with Crippen molar-refractivity contribution in [3.63, 3.8) is 0 Å². The zero-order valence-corrected chi connectivity index (χ0v) is 16.1. The number of rotatable bonds is 2. The Balaban J connectivity index is 2.31. The summed E-state index contributed by atoms with van der Waals surface area (Å²) in [6.07, 6.45) is 2.38. The molecule has 0 aromatic heterocycles. The molecule has 5 atom stereocenters. The van der Waals surface area contributed by atoms with Crippen LogP contribution in [-0.2, 0) is 4.57 Å². The van der Waals surface area contributed by atoms with Crippen LogP contribution in [0.25, 0.3) is 0 Å². The molecule has 0 aliphatic heterocycles. The van der Waals surface area contributed by atoms with Crippen molar-refractivity contribution in [1.29, 1.82) is 0 Å². The van der Waals surface area contributed by atoms with Gasteiger partial charge in [0.05, 0.1) is 0 Å². The first-order valence-electron chi connectivity index (χ1n) is 8.04. The van der Waals surface area contributed by atoms with Gasteiger partial charge in [0, 0.05) is 10.8 Å². The molecule has 0 heterocycles. The van der Waals surface area contributed by atoms with E-state index in [0.717, 1.165) is 12.3 Å². The highest BCUT2D eigenvalue weighted by molar-refractivity contribution is 7.90. The second-order valence-electron chi connectivity index (χ2n) is 9.41. The van der Waals surface area contributed by atoms with Crippen LogP contribution in [0, 0.1) is 28.6 Å². The minimum Gasteiger partial charge on any atom is -0.306 e. The SMILES string of the molecule is C[C@@H]1[C@H]2C[C@@H](C[C@H]1P(=O)(Cl)C(C)(C)C(C)(C)C)C2(C)C. The van der Waals surface area contributed by atoms with Gasteiger partial charge < -0.3 is 4.57 Å². The van der Waals surface area contributed by atoms with Gasteiger partial charge in [-0.15, -0.1) is 0 Å². The molecule has 118 valence electrons. The summed E-state index contributed by atoms with van der Waals surface area (Å²) in [7, 11) is 0. The zero-order chi connectivity index (χ0) is 15.7. The van der Waals surface area contributed by atoms with Crippen LogP contribution in [-0.4, -0.2) is 10.8 Å². The molecule has 2 bridgehead atoms. The fourth-order valence-electron chi connectivity index (χ4n) is 4.43. The first-order chi connectivity index (χ1) is 8.74. The van der Waals surface area contributed by atoms with E-state index in [-0.39, 0.29) is 16.2 Å². The lowest BCUT2D eigenvalue weighted by Gasteiger charge is -2.63. The summed E-state index contributed by atoms with van der Waals surface area (Å²) < 4.78 is 13.6. The Labute approximate surface area is 130 Å². The van der Waals surface area contributed by atoms with Gasteiger partial charge in [-0.3, -0.25) is 0 Å². The lowest BCUT2D eigenvalue weighted by Crippen LogP contribution is -2.57. The van der Waals surface area contributed by atoms with Crippen molar-refractivity contribution >= 4 is 17.7 Å². The highest BCUT2D eigenvalue weighted by Crippen LogP contribution is 2.77. The first-order valence-corrected chi connectivity index (χ1v) is 10.7. The molecule has 0 aromatic rings. The highest BCUT2D eigenvalue weighted by Gasteiger charge is 2.62. The van der Waals surface area contributed by atoms with E-state index in [0.29, 0.717) is 17.3 Å². The highest BCUT2D eigenvalue weighted by atomic mass is 35.7. The molecule has 20 heavy (non-hydrogen) atoms. The van der Waals surface area contributed by atoms with Crippen molar-refractivity contribution in [2.45, 2.75) is 79.0 Å². The minimum atomic E-state index is -2.74. The smallest absolute Gasteiger partial charge is 0.178 e. The number of fused-ring (bicyclic) bond motifs is 2. The topological polar surface area (TPSA) is 17.1 Å². The van der Waals surface area contributed by atoms with Crippen LogP contribution in [0.15, 0.2) is 0 Å². The van der Waals surface area contributed by atoms with E-state index in [9.17, 15) is 4.57 Å². The maximum atomic E-state index is 13.6. The molecule has 1 nitrogen and oxygen atoms in total. The number of hydrogen-bond donors (Lipinski definition) is 0. The Morgan fingerprint density at radius 3 is 1.95 bits per heavy atom. The summed E-state index contributed by atoms with van der Waals surface area (Å²) in [4.78, 5) is 0. The monoisotopic (exact) mass is 318 g/mol. The number of hydrogen-bond acceptors (Lipinski definition) is 1. The van der Waals surface area contributed by atoms with Crippen LogP contribution in [0.5, 0.6) is 0 Å². The fourth-order valence-corrected chi connectivity index (χ4v) is 9.05. The molecule has 3 saturated carbocycles. The third kappa shape index (κ3) is 2.06. The zero-order valence-electron chi connectivity index (χ0n) is 14.5. The van der Waals surface area contributed by atoms with Gasteiger partial charge in [0.1, 0.15) is 0 Å². The van der Waals surface area contributed by atoms with Gasteiger partial charge in [0.15, 0.2) is 6.49 Å². The number of halogens is 1. The quantitative estimate of drug-likeness (QED) is 0.538. The summed E-state index contributed by atoms with van der Waals surface area (Å²) in [5, 5.41) is -0.325. The maximum Gasteiger partial charge on any atom is 0.178 e. The standard InChI is InChI=1S/C17H32ClOP/c1-11-13-9-12(16(13,5)6)10-14(11)20(18,19)17(7,8)15(2,3)4/h11-14H,9-10H2,1-8H3/t11-,12+,13-,14-,20?/m1/s1. The van der Waals surface area contributed by atoms with Gasteiger partial charge >= 0.3 is 0 Å². The van der Waals surface area contributed by atoms with Crippen molar-refractivity contribution in [1.82, 2.24) is 0 Å². The summed E-state index contributed by atoms with van der Waals surface area (Å²) >= 11 is 6.82. The molecular weight excluding hydrogens is 287 g/mol. The van der Waals surface area contributed by atoms with Crippen LogP contribution < -0.4 is 0 Å². The van der Waals surface area contributed by atoms with Crippen molar-refractivity contribution in [2.24, 2.45) is 28.6 Å². The van der Waals surface area contributed by atoms with Crippen molar-refractivity contribution in [3.8, 4) is 0 Å². The Hall–Kier alpha value is 0.520. The van der Waals surface area contributed by atoms with E-state index < -0.39 is 6.49 Å². The lowest BCUT2D eigenvalue weighted by atomic mass is 9.46. The summed E-state index contributed by atoms with van der Waals surface area (Å²) in [5.41, 5.74) is 0.593. The van der Waals surface area contributed by atoms with Crippen LogP contribution in [0.1, 0.15) is 68.2 Å². The summed E-state index contributed by atoms with van der Waals surface area (Å²) in [5.74, 6) is 1.91. The average molecular weight is 319 g/mol. The predicted molar refractivity (Wildman–Crippen MR) is 89.9 cm³/mol. The molecule has 3 fully saturated rings. The van der Waals surface area contributed by atoms with Crippen molar-refractivity contribution < 1.29 is 4.57 Å². The second-order valence-corrected chi connectivity index (χ2v) is 13.9. The average Bonchev–Trinajstić information content (AvgIpc) is 2.26. The van der Waals surface area contributed by atoms with E-state index in [1.807, 2.05) is 0 Å². The molecule has 0 spiro atoms. The van der Waals surface area contributed by atoms with Crippen molar-refractivity contribution in [3.05, 3.63) is 0 Å². The second kappa shape index (κ2) is 4.51. The Bertz CT molecular complexity index is 446. The first kappa shape index (κ1) is 16.9. The minimum absolute atomic E-state index is 0.0405. The molecule has 3 aliphatic rings. The fraction of sp³-hybridized carbons (Fsp3) is 1.00. The predicted octanol–water partition coefficient (Wildman–Crippen LogP) is 6.40. The van der Waals surface area contributed by atoms with Gasteiger partial charge in [-0.05, 0) is 41.4 Å². The van der Waals surface area contributed by atoms with Crippen LogP contribution in [0.3, 0.4) is 0 Å². The molecular formula is C17H32ClOP. The van der Waals surface area contributed by atoms with Crippen LogP contribution in [0.2, 0.25) is 0 Å². The Kier molecular flexibility index (Phi) is 3.81. The molecule has 3 aliphatic carbocycles. The van der Waals surface area contributed by atoms with Gasteiger partial charge in [0.2, 0.25) is 0 Å². The van der Waals surface area contributed by atoms with Gasteiger partial charge in [-0.2, -0.15) is 0 Å². The van der Waals surface area contributed by atoms with E-state index in [4.69, 9.17) is 11.2 Å². The normalized spacial score (nSPS) is 39.9. The summed E-state index contributed by atoms with van der Waals surface area (Å²) in [6, 6.07) is 0. The van der Waals surface area contributed by atoms with E-state index in [2.05, 4.69) is 55.4 Å². The molecule has 0 saturated heterocycles. The third-order valence-corrected chi connectivity index (χ3v) is 13.1. The lowest BCUT2D eigenvalue weighted by molar-refractivity contribution is -0.0968. The molecule has 0 amide bonds. The summed E-state index contributed by atoms with van der Waals surface area (Å²) in [6.45, 7) is 15.0. The van der Waals surface area contributed by atoms with E-state index in [1.165, 1.54) is 6.42 Å². The van der Waals surface area contributed by atoms with Gasteiger partial charge in [0.25, 0.3) is 0 Å². The van der Waals surface area contributed by atoms with Crippen LogP contribution >= 0.6 is 17.7 Å². The molecule has 0 radical (unpaired) electrons. The van der Waals surface area contributed by atoms with Gasteiger partial charge in [-0.25, -0.2) is 0 Å². The van der Waals surface area contributed by atoms with E-state index in [1.54, 1.807) is 0 Å². The van der Waals surface area contributed by atoms with Crippen LogP contribution in [0.4, 0.5) is 0 Å². The maximum absolute atomic E-state index is 13.6. The van der Waals surface area contributed by atoms with Crippen molar-refractivity contribution in [2.75, 3.05) is 0 Å². The Morgan fingerprint density at radius 2 is 1.60 bits per heavy atom. The molecule has 3 rings (SSSR count). The van der Waals surface area contributed by atoms with E-state index >= 15 is 0 Å². The van der Waals surface area contributed by atoms with Gasteiger partial charge in [-0.1, -0.05) is 66.6 Å². The molecule has 1 unspecified atom stereocenters. The largest absolute Gasteiger partial charge is 0.306 e. The third-order valence-electron chi connectivity index (χ3n) is 7.34. The molecule has 0 aromatic carbocycles. The molecule has 0 N–H and O–H groups in total.